The Hall–Kier alpha value is -1.94. The maximum absolute atomic E-state index is 12.3. The van der Waals surface area contributed by atoms with Crippen LogP contribution in [0.1, 0.15) is 32.4 Å². The van der Waals surface area contributed by atoms with Crippen molar-refractivity contribution in [2.24, 2.45) is 0 Å². The first-order valence-electron chi connectivity index (χ1n) is 7.85. The number of nitrogens with one attached hydrogen (secondary N) is 1. The van der Waals surface area contributed by atoms with Crippen molar-refractivity contribution in [2.75, 3.05) is 6.61 Å². The molecule has 2 aromatic carbocycles. The van der Waals surface area contributed by atoms with Crippen LogP contribution >= 0.6 is 11.8 Å². The minimum absolute atomic E-state index is 0.0306. The molecular formula is C19H23NO2S. The zero-order chi connectivity index (χ0) is 16.7. The maximum atomic E-state index is 12.3. The van der Waals surface area contributed by atoms with Gasteiger partial charge < -0.3 is 10.1 Å². The predicted octanol–water partition coefficient (Wildman–Crippen LogP) is 4.44. The summed E-state index contributed by atoms with van der Waals surface area (Å²) in [5, 5.41) is 2.93. The fourth-order valence-electron chi connectivity index (χ4n) is 2.19. The highest BCUT2D eigenvalue weighted by Gasteiger charge is 2.17. The first-order valence-corrected chi connectivity index (χ1v) is 8.73. The van der Waals surface area contributed by atoms with Crippen LogP contribution in [0.2, 0.25) is 0 Å². The lowest BCUT2D eigenvalue weighted by molar-refractivity contribution is -0.120. The quantitative estimate of drug-likeness (QED) is 0.763. The second kappa shape index (κ2) is 8.63. The average Bonchev–Trinajstić information content (AvgIpc) is 2.56. The fourth-order valence-corrected chi connectivity index (χ4v) is 3.09. The molecule has 0 saturated carbocycles. The minimum Gasteiger partial charge on any atom is -0.494 e. The lowest BCUT2D eigenvalue weighted by atomic mass is 10.1. The van der Waals surface area contributed by atoms with Gasteiger partial charge in [0.05, 0.1) is 17.9 Å². The van der Waals surface area contributed by atoms with Gasteiger partial charge >= 0.3 is 0 Å². The van der Waals surface area contributed by atoms with Crippen LogP contribution < -0.4 is 10.1 Å². The van der Waals surface area contributed by atoms with Crippen molar-refractivity contribution in [2.45, 2.75) is 37.0 Å². The van der Waals surface area contributed by atoms with E-state index in [4.69, 9.17) is 4.74 Å². The van der Waals surface area contributed by atoms with Crippen LogP contribution in [-0.2, 0) is 4.79 Å². The molecule has 1 N–H and O–H groups in total. The van der Waals surface area contributed by atoms with Crippen molar-refractivity contribution in [3.8, 4) is 5.75 Å². The maximum Gasteiger partial charge on any atom is 0.233 e. The molecular weight excluding hydrogens is 306 g/mol. The molecule has 0 spiro atoms. The number of thioether (sulfide) groups is 1. The Morgan fingerprint density at radius 1 is 1.09 bits per heavy atom. The number of amides is 1. The molecule has 1 amide bonds. The van der Waals surface area contributed by atoms with E-state index in [0.717, 1.165) is 16.2 Å². The van der Waals surface area contributed by atoms with Crippen LogP contribution in [0.3, 0.4) is 0 Å². The summed E-state index contributed by atoms with van der Waals surface area (Å²) in [6.07, 6.45) is 0. The van der Waals surface area contributed by atoms with E-state index in [-0.39, 0.29) is 17.2 Å². The number of hydrogen-bond acceptors (Lipinski definition) is 3. The fraction of sp³-hybridized carbons (Fsp3) is 0.316. The van der Waals surface area contributed by atoms with Crippen molar-refractivity contribution in [1.82, 2.24) is 5.32 Å². The lowest BCUT2D eigenvalue weighted by Crippen LogP contribution is -2.33. The van der Waals surface area contributed by atoms with Gasteiger partial charge in [0.15, 0.2) is 0 Å². The first-order chi connectivity index (χ1) is 11.1. The van der Waals surface area contributed by atoms with Gasteiger partial charge in [0, 0.05) is 4.90 Å². The summed E-state index contributed by atoms with van der Waals surface area (Å²) < 4.78 is 5.44. The van der Waals surface area contributed by atoms with Gasteiger partial charge in [0.2, 0.25) is 5.91 Å². The molecule has 0 aliphatic heterocycles. The van der Waals surface area contributed by atoms with Crippen LogP contribution in [0.4, 0.5) is 0 Å². The topological polar surface area (TPSA) is 38.3 Å². The van der Waals surface area contributed by atoms with E-state index in [1.54, 1.807) is 11.8 Å². The Kier molecular flexibility index (Phi) is 6.53. The van der Waals surface area contributed by atoms with E-state index in [9.17, 15) is 4.79 Å². The van der Waals surface area contributed by atoms with Crippen LogP contribution in [0.25, 0.3) is 0 Å². The summed E-state index contributed by atoms with van der Waals surface area (Å²) in [4.78, 5) is 13.4. The normalized spacial score (nSPS) is 13.2. The third-order valence-electron chi connectivity index (χ3n) is 3.48. The van der Waals surface area contributed by atoms with E-state index in [1.807, 2.05) is 75.4 Å². The Balaban J connectivity index is 1.90. The Morgan fingerprint density at radius 2 is 1.74 bits per heavy atom. The van der Waals surface area contributed by atoms with Crippen LogP contribution in [-0.4, -0.2) is 17.8 Å². The summed E-state index contributed by atoms with van der Waals surface area (Å²) in [5.74, 6) is 0.892. The highest BCUT2D eigenvalue weighted by atomic mass is 32.2. The van der Waals surface area contributed by atoms with Crippen molar-refractivity contribution in [1.29, 1.82) is 0 Å². The van der Waals surface area contributed by atoms with Gasteiger partial charge in [-0.05, 0) is 50.6 Å². The highest BCUT2D eigenvalue weighted by Crippen LogP contribution is 2.24. The Bertz CT molecular complexity index is 613. The molecule has 0 aliphatic carbocycles. The number of benzene rings is 2. The molecule has 0 aliphatic rings. The summed E-state index contributed by atoms with van der Waals surface area (Å²) >= 11 is 1.57. The largest absolute Gasteiger partial charge is 0.494 e. The third-order valence-corrected chi connectivity index (χ3v) is 4.59. The third kappa shape index (κ3) is 5.32. The number of hydrogen-bond donors (Lipinski definition) is 1. The van der Waals surface area contributed by atoms with Gasteiger partial charge in [-0.2, -0.15) is 0 Å². The molecule has 0 radical (unpaired) electrons. The molecule has 2 aromatic rings. The number of rotatable bonds is 7. The smallest absolute Gasteiger partial charge is 0.233 e. The summed E-state index contributed by atoms with van der Waals surface area (Å²) in [6.45, 7) is 6.54. The molecule has 2 rings (SSSR count). The van der Waals surface area contributed by atoms with E-state index in [0.29, 0.717) is 6.61 Å². The van der Waals surface area contributed by atoms with Gasteiger partial charge in [-0.1, -0.05) is 30.3 Å². The molecule has 23 heavy (non-hydrogen) atoms. The van der Waals surface area contributed by atoms with E-state index in [2.05, 4.69) is 5.32 Å². The molecule has 0 fully saturated rings. The highest BCUT2D eigenvalue weighted by molar-refractivity contribution is 8.00. The summed E-state index contributed by atoms with van der Waals surface area (Å²) in [5.41, 5.74) is 1.07. The lowest BCUT2D eigenvalue weighted by Gasteiger charge is -2.18. The van der Waals surface area contributed by atoms with Crippen LogP contribution in [0.15, 0.2) is 59.5 Å². The minimum atomic E-state index is -0.137. The van der Waals surface area contributed by atoms with Crippen molar-refractivity contribution >= 4 is 17.7 Å². The standard InChI is InChI=1S/C19H23NO2S/c1-4-22-17-12-10-16(11-13-17)14(2)20-19(21)15(3)23-18-8-6-5-7-9-18/h5-15H,4H2,1-3H3,(H,20,21). The summed E-state index contributed by atoms with van der Waals surface area (Å²) in [7, 11) is 0. The van der Waals surface area contributed by atoms with Gasteiger partial charge in [0.1, 0.15) is 5.75 Å². The SMILES string of the molecule is CCOc1ccc(C(C)NC(=O)C(C)Sc2ccccc2)cc1. The van der Waals surface area contributed by atoms with Crippen LogP contribution in [0.5, 0.6) is 5.75 Å². The zero-order valence-corrected chi connectivity index (χ0v) is 14.6. The van der Waals surface area contributed by atoms with Gasteiger partial charge in [-0.25, -0.2) is 0 Å². The molecule has 4 heteroatoms. The molecule has 0 aromatic heterocycles. The number of carbonyl (C=O) groups is 1. The van der Waals surface area contributed by atoms with Gasteiger partial charge in [-0.15, -0.1) is 11.8 Å². The Morgan fingerprint density at radius 3 is 2.35 bits per heavy atom. The van der Waals surface area contributed by atoms with Gasteiger partial charge in [0.25, 0.3) is 0 Å². The van der Waals surface area contributed by atoms with E-state index < -0.39 is 0 Å². The zero-order valence-electron chi connectivity index (χ0n) is 13.8. The number of carbonyl (C=O) groups excluding carboxylic acids is 1. The van der Waals surface area contributed by atoms with Gasteiger partial charge in [-0.3, -0.25) is 4.79 Å². The molecule has 2 unspecified atom stereocenters. The monoisotopic (exact) mass is 329 g/mol. The molecule has 0 heterocycles. The molecule has 2 atom stereocenters. The summed E-state index contributed by atoms with van der Waals surface area (Å²) in [6, 6.07) is 17.8. The number of ether oxygens (including phenoxy) is 1. The van der Waals surface area contributed by atoms with Crippen molar-refractivity contribution in [3.63, 3.8) is 0 Å². The van der Waals surface area contributed by atoms with E-state index >= 15 is 0 Å². The van der Waals surface area contributed by atoms with Crippen LogP contribution in [0, 0.1) is 0 Å². The second-order valence-electron chi connectivity index (χ2n) is 5.31. The molecule has 3 nitrogen and oxygen atoms in total. The first kappa shape index (κ1) is 17.4. The molecule has 0 bridgehead atoms. The average molecular weight is 329 g/mol. The van der Waals surface area contributed by atoms with Crippen molar-refractivity contribution < 1.29 is 9.53 Å². The Labute approximate surface area is 142 Å². The molecule has 0 saturated heterocycles. The van der Waals surface area contributed by atoms with Crippen molar-refractivity contribution in [3.05, 3.63) is 60.2 Å². The predicted molar refractivity (Wildman–Crippen MR) is 95.9 cm³/mol. The second-order valence-corrected chi connectivity index (χ2v) is 6.72. The molecule has 122 valence electrons. The van der Waals surface area contributed by atoms with E-state index in [1.165, 1.54) is 0 Å².